The molecule has 7 nitrogen and oxygen atoms in total. The standard InChI is InChI=1S/C32H37N3O4/c1-22-18-35(23(2)21-36)32(38)29-16-26(11-10-24(3)37)17-33-31(29)39-30(22)20-34(4)19-25-12-14-28(15-13-25)27-8-6-5-7-9-27/h5-9,12-17,22-24,30,36-37H,18-21H2,1-4H3/t22-,23-,24-,30-/m1/s1. The van der Waals surface area contributed by atoms with Crippen molar-refractivity contribution < 1.29 is 19.7 Å². The number of pyridine rings is 1. The minimum Gasteiger partial charge on any atom is -0.472 e. The van der Waals surface area contributed by atoms with Crippen molar-refractivity contribution in [3.63, 3.8) is 0 Å². The molecular formula is C32H37N3O4. The molecule has 4 rings (SSSR count). The van der Waals surface area contributed by atoms with Crippen molar-refractivity contribution in [2.75, 3.05) is 26.7 Å². The molecule has 2 heterocycles. The lowest BCUT2D eigenvalue weighted by molar-refractivity contribution is 0.0325. The number of aromatic nitrogens is 1. The molecule has 0 fully saturated rings. The Morgan fingerprint density at radius 2 is 1.82 bits per heavy atom. The Morgan fingerprint density at radius 3 is 2.49 bits per heavy atom. The molecule has 0 unspecified atom stereocenters. The molecule has 1 aliphatic heterocycles. The van der Waals surface area contributed by atoms with E-state index in [1.807, 2.05) is 25.1 Å². The SMILES string of the molecule is C[C@@H]1CN([C@H](C)CO)C(=O)c2cc(C#C[C@@H](C)O)cnc2O[C@@H]1CN(C)Cc1ccc(-c2ccccc2)cc1. The van der Waals surface area contributed by atoms with Crippen LogP contribution in [0.4, 0.5) is 0 Å². The first-order valence-electron chi connectivity index (χ1n) is 13.4. The van der Waals surface area contributed by atoms with Gasteiger partial charge in [-0.2, -0.15) is 0 Å². The summed E-state index contributed by atoms with van der Waals surface area (Å²) in [7, 11) is 2.06. The monoisotopic (exact) mass is 527 g/mol. The number of nitrogens with zero attached hydrogens (tertiary/aromatic N) is 3. The minimum absolute atomic E-state index is 0.00415. The van der Waals surface area contributed by atoms with Gasteiger partial charge in [0, 0.05) is 37.3 Å². The number of carbonyl (C=O) groups is 1. The number of likely N-dealkylation sites (N-methyl/N-ethyl adjacent to an activating group) is 1. The minimum atomic E-state index is -0.791. The Kier molecular flexibility index (Phi) is 9.36. The zero-order valence-electron chi connectivity index (χ0n) is 23.0. The highest BCUT2D eigenvalue weighted by atomic mass is 16.5. The van der Waals surface area contributed by atoms with E-state index in [1.165, 1.54) is 16.7 Å². The normalized spacial score (nSPS) is 18.7. The smallest absolute Gasteiger partial charge is 0.259 e. The average molecular weight is 528 g/mol. The third-order valence-corrected chi connectivity index (χ3v) is 6.95. The summed E-state index contributed by atoms with van der Waals surface area (Å²) in [5, 5.41) is 19.4. The van der Waals surface area contributed by atoms with Gasteiger partial charge in [-0.25, -0.2) is 4.98 Å². The Balaban J connectivity index is 1.54. The Morgan fingerprint density at radius 1 is 1.13 bits per heavy atom. The van der Waals surface area contributed by atoms with Crippen molar-refractivity contribution in [1.29, 1.82) is 0 Å². The number of rotatable bonds is 7. The second-order valence-corrected chi connectivity index (χ2v) is 10.4. The number of hydrogen-bond acceptors (Lipinski definition) is 6. The maximum Gasteiger partial charge on any atom is 0.259 e. The maximum atomic E-state index is 13.5. The molecule has 0 aliphatic carbocycles. The van der Waals surface area contributed by atoms with E-state index in [2.05, 4.69) is 72.1 Å². The van der Waals surface area contributed by atoms with Crippen LogP contribution in [0.25, 0.3) is 11.1 Å². The van der Waals surface area contributed by atoms with Gasteiger partial charge >= 0.3 is 0 Å². The van der Waals surface area contributed by atoms with Gasteiger partial charge in [-0.1, -0.05) is 73.4 Å². The van der Waals surface area contributed by atoms with Crippen LogP contribution in [-0.4, -0.2) is 75.9 Å². The molecule has 204 valence electrons. The fraction of sp³-hybridized carbons (Fsp3) is 0.375. The number of carbonyl (C=O) groups excluding carboxylic acids is 1. The van der Waals surface area contributed by atoms with Crippen LogP contribution in [0.15, 0.2) is 66.9 Å². The van der Waals surface area contributed by atoms with Crippen molar-refractivity contribution in [3.8, 4) is 28.8 Å². The molecule has 39 heavy (non-hydrogen) atoms. The van der Waals surface area contributed by atoms with Gasteiger partial charge in [0.25, 0.3) is 5.91 Å². The third kappa shape index (κ3) is 7.24. The third-order valence-electron chi connectivity index (χ3n) is 6.95. The van der Waals surface area contributed by atoms with Crippen molar-refractivity contribution in [2.24, 2.45) is 5.92 Å². The summed E-state index contributed by atoms with van der Waals surface area (Å²) in [5.41, 5.74) is 4.40. The first kappa shape index (κ1) is 28.3. The molecule has 1 aromatic heterocycles. The molecule has 7 heteroatoms. The first-order chi connectivity index (χ1) is 18.7. The number of amides is 1. The number of hydrogen-bond donors (Lipinski definition) is 2. The molecule has 1 aliphatic rings. The number of aliphatic hydroxyl groups excluding tert-OH is 2. The van der Waals surface area contributed by atoms with E-state index in [9.17, 15) is 15.0 Å². The molecule has 0 spiro atoms. The first-order valence-corrected chi connectivity index (χ1v) is 13.4. The predicted octanol–water partition coefficient (Wildman–Crippen LogP) is 3.83. The van der Waals surface area contributed by atoms with Crippen molar-refractivity contribution in [1.82, 2.24) is 14.8 Å². The summed E-state index contributed by atoms with van der Waals surface area (Å²) in [5.74, 6) is 5.55. The van der Waals surface area contributed by atoms with E-state index in [0.29, 0.717) is 24.2 Å². The van der Waals surface area contributed by atoms with E-state index in [1.54, 1.807) is 24.1 Å². The van der Waals surface area contributed by atoms with E-state index in [0.717, 1.165) is 6.54 Å². The van der Waals surface area contributed by atoms with Gasteiger partial charge in [0.2, 0.25) is 5.88 Å². The highest BCUT2D eigenvalue weighted by Crippen LogP contribution is 2.28. The molecule has 2 aromatic carbocycles. The second-order valence-electron chi connectivity index (χ2n) is 10.4. The summed E-state index contributed by atoms with van der Waals surface area (Å²) in [4.78, 5) is 21.9. The summed E-state index contributed by atoms with van der Waals surface area (Å²) >= 11 is 0. The zero-order chi connectivity index (χ0) is 27.9. The molecule has 0 radical (unpaired) electrons. The van der Waals surface area contributed by atoms with Gasteiger partial charge in [-0.3, -0.25) is 9.69 Å². The van der Waals surface area contributed by atoms with Gasteiger partial charge in [0.15, 0.2) is 0 Å². The second kappa shape index (κ2) is 12.9. The van der Waals surface area contributed by atoms with Crippen molar-refractivity contribution in [2.45, 2.75) is 45.6 Å². The van der Waals surface area contributed by atoms with Crippen LogP contribution < -0.4 is 4.74 Å². The highest BCUT2D eigenvalue weighted by molar-refractivity contribution is 5.97. The number of fused-ring (bicyclic) bond motifs is 1. The molecular weight excluding hydrogens is 490 g/mol. The van der Waals surface area contributed by atoms with Crippen LogP contribution in [0, 0.1) is 17.8 Å². The number of aliphatic hydroxyl groups is 2. The number of ether oxygens (including phenoxy) is 1. The van der Waals surface area contributed by atoms with E-state index in [4.69, 9.17) is 4.74 Å². The summed E-state index contributed by atoms with van der Waals surface area (Å²) in [6, 6.07) is 20.2. The van der Waals surface area contributed by atoms with Gasteiger partial charge in [-0.15, -0.1) is 0 Å². The van der Waals surface area contributed by atoms with Crippen LogP contribution in [-0.2, 0) is 6.54 Å². The fourth-order valence-corrected chi connectivity index (χ4v) is 4.69. The van der Waals surface area contributed by atoms with Crippen LogP contribution in [0.5, 0.6) is 5.88 Å². The molecule has 0 saturated carbocycles. The quantitative estimate of drug-likeness (QED) is 0.454. The predicted molar refractivity (Wildman–Crippen MR) is 152 cm³/mol. The van der Waals surface area contributed by atoms with Gasteiger partial charge in [-0.05, 0) is 43.7 Å². The van der Waals surface area contributed by atoms with Crippen LogP contribution in [0.1, 0.15) is 42.3 Å². The lowest BCUT2D eigenvalue weighted by atomic mass is 9.99. The van der Waals surface area contributed by atoms with Crippen LogP contribution >= 0.6 is 0 Å². The summed E-state index contributed by atoms with van der Waals surface area (Å²) < 4.78 is 6.39. The zero-order valence-corrected chi connectivity index (χ0v) is 23.0. The van der Waals surface area contributed by atoms with Crippen LogP contribution in [0.2, 0.25) is 0 Å². The van der Waals surface area contributed by atoms with E-state index < -0.39 is 6.10 Å². The number of benzene rings is 2. The van der Waals surface area contributed by atoms with Crippen molar-refractivity contribution in [3.05, 3.63) is 83.6 Å². The molecule has 2 N–H and O–H groups in total. The summed E-state index contributed by atoms with van der Waals surface area (Å²) in [6.07, 6.45) is 0.531. The lowest BCUT2D eigenvalue weighted by Gasteiger charge is -2.37. The topological polar surface area (TPSA) is 86.1 Å². The Hall–Kier alpha value is -3.70. The van der Waals surface area contributed by atoms with Gasteiger partial charge in [0.05, 0.1) is 12.6 Å². The molecule has 3 aromatic rings. The van der Waals surface area contributed by atoms with Gasteiger partial charge in [0.1, 0.15) is 17.8 Å². The maximum absolute atomic E-state index is 13.5. The molecule has 1 amide bonds. The Bertz CT molecular complexity index is 1310. The van der Waals surface area contributed by atoms with Crippen LogP contribution in [0.3, 0.4) is 0 Å². The van der Waals surface area contributed by atoms with Crippen molar-refractivity contribution >= 4 is 5.91 Å². The van der Waals surface area contributed by atoms with Gasteiger partial charge < -0.3 is 19.8 Å². The van der Waals surface area contributed by atoms with E-state index >= 15 is 0 Å². The lowest BCUT2D eigenvalue weighted by Crippen LogP contribution is -2.49. The molecule has 0 bridgehead atoms. The average Bonchev–Trinajstić information content (AvgIpc) is 2.94. The highest BCUT2D eigenvalue weighted by Gasteiger charge is 2.34. The fourth-order valence-electron chi connectivity index (χ4n) is 4.69. The largest absolute Gasteiger partial charge is 0.472 e. The Labute approximate surface area is 231 Å². The summed E-state index contributed by atoms with van der Waals surface area (Å²) in [6.45, 7) is 7.13. The van der Waals surface area contributed by atoms with E-state index in [-0.39, 0.29) is 36.5 Å². The molecule has 0 saturated heterocycles. The molecule has 4 atom stereocenters.